The van der Waals surface area contributed by atoms with Gasteiger partial charge in [0, 0.05) is 12.2 Å². The molecule has 0 radical (unpaired) electrons. The number of carbonyl (C=O) groups is 3. The lowest BCUT2D eigenvalue weighted by Gasteiger charge is -2.39. The summed E-state index contributed by atoms with van der Waals surface area (Å²) in [4.78, 5) is 46.0. The molecule has 1 aromatic rings. The van der Waals surface area contributed by atoms with E-state index in [4.69, 9.17) is 9.47 Å². The number of ether oxygens (including phenoxy) is 2. The van der Waals surface area contributed by atoms with Crippen molar-refractivity contribution in [1.82, 2.24) is 4.90 Å². The van der Waals surface area contributed by atoms with Crippen LogP contribution in [0, 0.1) is 31.6 Å². The summed E-state index contributed by atoms with van der Waals surface area (Å²) in [5.41, 5.74) is 0.488. The van der Waals surface area contributed by atoms with Gasteiger partial charge in [0.1, 0.15) is 17.6 Å². The van der Waals surface area contributed by atoms with E-state index >= 15 is 0 Å². The van der Waals surface area contributed by atoms with E-state index in [-0.39, 0.29) is 37.5 Å². The summed E-state index contributed by atoms with van der Waals surface area (Å²) in [5, 5.41) is 10.4. The van der Waals surface area contributed by atoms with E-state index in [9.17, 15) is 19.5 Å². The highest BCUT2D eigenvalue weighted by Crippen LogP contribution is 2.65. The number of aliphatic hydroxyl groups excluding tert-OH is 1. The number of hydrogen-bond acceptors (Lipinski definition) is 6. The van der Waals surface area contributed by atoms with Gasteiger partial charge < -0.3 is 24.4 Å². The van der Waals surface area contributed by atoms with Gasteiger partial charge in [-0.2, -0.15) is 0 Å². The van der Waals surface area contributed by atoms with E-state index < -0.39 is 41.1 Å². The molecule has 1 spiro atoms. The molecule has 1 aromatic carbocycles. The Bertz CT molecular complexity index is 1190. The summed E-state index contributed by atoms with van der Waals surface area (Å²) >= 11 is 0. The fourth-order valence-corrected chi connectivity index (χ4v) is 7.37. The molecule has 4 rings (SSSR count). The number of likely N-dealkylation sites (tertiary alicyclic amines) is 1. The highest BCUT2D eigenvalue weighted by atomic mass is 16.6. The van der Waals surface area contributed by atoms with E-state index in [1.807, 2.05) is 58.9 Å². The Hall–Kier alpha value is -2.97. The Morgan fingerprint density at radius 2 is 2.00 bits per heavy atom. The Kier molecular flexibility index (Phi) is 9.14. The van der Waals surface area contributed by atoms with Crippen LogP contribution in [-0.4, -0.2) is 70.8 Å². The molecule has 0 saturated carbocycles. The molecule has 2 amide bonds. The highest BCUT2D eigenvalue weighted by Gasteiger charge is 2.80. The molecular formula is C33H46N2O6. The molecule has 1 N–H and O–H groups in total. The van der Waals surface area contributed by atoms with E-state index in [0.29, 0.717) is 19.3 Å². The van der Waals surface area contributed by atoms with Gasteiger partial charge in [-0.1, -0.05) is 38.1 Å². The molecule has 8 heteroatoms. The molecule has 3 unspecified atom stereocenters. The van der Waals surface area contributed by atoms with Crippen LogP contribution in [0.25, 0.3) is 0 Å². The number of amides is 2. The maximum atomic E-state index is 14.8. The van der Waals surface area contributed by atoms with Gasteiger partial charge in [-0.05, 0) is 76.0 Å². The first-order chi connectivity index (χ1) is 19.5. The predicted molar refractivity (Wildman–Crippen MR) is 158 cm³/mol. The molecule has 3 saturated heterocycles. The number of unbranched alkanes of at least 4 members (excludes halogenated alkanes) is 2. The van der Waals surface area contributed by atoms with Crippen molar-refractivity contribution in [3.05, 3.63) is 54.6 Å². The third kappa shape index (κ3) is 5.03. The number of aryl methyl sites for hydroxylation is 2. The SMILES string of the molecule is C=CCCCCOC(=O)[C@@H]1[C@H]2C(=O)N([C@@H](CC)CO)C(C(=O)N(CC=C)c3cc(C)ccc3C)C23CC(C)[C@@]1(C)O3. The number of hydrogen-bond donors (Lipinski definition) is 1. The highest BCUT2D eigenvalue weighted by molar-refractivity contribution is 6.05. The van der Waals surface area contributed by atoms with Gasteiger partial charge in [0.2, 0.25) is 5.91 Å². The number of nitrogens with zero attached hydrogens (tertiary/aromatic N) is 2. The largest absolute Gasteiger partial charge is 0.465 e. The first-order valence-electron chi connectivity index (χ1n) is 14.9. The Balaban J connectivity index is 1.79. The zero-order valence-electron chi connectivity index (χ0n) is 25.2. The standard InChI is InChI=1S/C33H46N2O6/c1-8-11-12-13-17-40-31(39)27-26-29(37)35(24(10-3)20-36)28(33(26)19-23(6)32(27,7)41-33)30(38)34(16-9-2)25-18-21(4)14-15-22(25)5/h8-9,14-15,18,23-24,26-28,36H,1-2,10-13,16-17,19-20H2,3-7H3/t23?,24-,26-,27-,28?,32+,33?/m0/s1. The van der Waals surface area contributed by atoms with Crippen LogP contribution < -0.4 is 4.90 Å². The average Bonchev–Trinajstić information content (AvgIpc) is 3.46. The summed E-state index contributed by atoms with van der Waals surface area (Å²) in [6.45, 7) is 17.5. The molecule has 0 aliphatic carbocycles. The fourth-order valence-electron chi connectivity index (χ4n) is 7.37. The first-order valence-corrected chi connectivity index (χ1v) is 14.9. The van der Waals surface area contributed by atoms with Crippen molar-refractivity contribution in [1.29, 1.82) is 0 Å². The normalized spacial score (nSPS) is 30.7. The maximum absolute atomic E-state index is 14.8. The summed E-state index contributed by atoms with van der Waals surface area (Å²) in [6.07, 6.45) is 6.79. The number of anilines is 1. The second-order valence-electron chi connectivity index (χ2n) is 12.2. The van der Waals surface area contributed by atoms with Gasteiger partial charge >= 0.3 is 5.97 Å². The molecule has 2 bridgehead atoms. The lowest BCUT2D eigenvalue weighted by atomic mass is 9.62. The lowest BCUT2D eigenvalue weighted by molar-refractivity contribution is -0.162. The smallest absolute Gasteiger partial charge is 0.312 e. The number of benzene rings is 1. The third-order valence-electron chi connectivity index (χ3n) is 9.60. The second kappa shape index (κ2) is 12.1. The minimum Gasteiger partial charge on any atom is -0.465 e. The fraction of sp³-hybridized carbons (Fsp3) is 0.606. The van der Waals surface area contributed by atoms with E-state index in [1.165, 1.54) is 4.90 Å². The minimum atomic E-state index is -1.21. The van der Waals surface area contributed by atoms with Crippen molar-refractivity contribution < 1.29 is 29.0 Å². The van der Waals surface area contributed by atoms with Crippen LogP contribution in [-0.2, 0) is 23.9 Å². The van der Waals surface area contributed by atoms with Crippen LogP contribution in [0.15, 0.2) is 43.5 Å². The summed E-state index contributed by atoms with van der Waals surface area (Å²) in [7, 11) is 0. The lowest BCUT2D eigenvalue weighted by Crippen LogP contribution is -2.59. The Morgan fingerprint density at radius 1 is 1.27 bits per heavy atom. The Morgan fingerprint density at radius 3 is 2.63 bits per heavy atom. The number of esters is 1. The molecule has 7 atom stereocenters. The Labute approximate surface area is 244 Å². The number of carbonyl (C=O) groups excluding carboxylic acids is 3. The van der Waals surface area contributed by atoms with Gasteiger partial charge in [0.15, 0.2) is 0 Å². The molecular weight excluding hydrogens is 520 g/mol. The monoisotopic (exact) mass is 566 g/mol. The van der Waals surface area contributed by atoms with Crippen LogP contribution >= 0.6 is 0 Å². The van der Waals surface area contributed by atoms with Gasteiger partial charge in [0.25, 0.3) is 5.91 Å². The molecule has 8 nitrogen and oxygen atoms in total. The van der Waals surface area contributed by atoms with Crippen molar-refractivity contribution in [3.63, 3.8) is 0 Å². The van der Waals surface area contributed by atoms with Crippen LogP contribution in [0.3, 0.4) is 0 Å². The molecule has 0 aromatic heterocycles. The van der Waals surface area contributed by atoms with E-state index in [0.717, 1.165) is 29.7 Å². The average molecular weight is 567 g/mol. The van der Waals surface area contributed by atoms with Gasteiger partial charge in [-0.25, -0.2) is 0 Å². The van der Waals surface area contributed by atoms with Crippen LogP contribution in [0.1, 0.15) is 64.0 Å². The minimum absolute atomic E-state index is 0.0946. The van der Waals surface area contributed by atoms with Crippen LogP contribution in [0.5, 0.6) is 0 Å². The van der Waals surface area contributed by atoms with Gasteiger partial charge in [-0.3, -0.25) is 14.4 Å². The molecule has 3 aliphatic rings. The van der Waals surface area contributed by atoms with Crippen molar-refractivity contribution in [2.24, 2.45) is 17.8 Å². The molecule has 3 fully saturated rings. The van der Waals surface area contributed by atoms with Gasteiger partial charge in [0.05, 0.1) is 30.8 Å². The van der Waals surface area contributed by atoms with Gasteiger partial charge in [-0.15, -0.1) is 13.2 Å². The number of aliphatic hydroxyl groups is 1. The van der Waals surface area contributed by atoms with Crippen LogP contribution in [0.4, 0.5) is 5.69 Å². The van der Waals surface area contributed by atoms with Crippen molar-refractivity contribution >= 4 is 23.5 Å². The quantitative estimate of drug-likeness (QED) is 0.215. The topological polar surface area (TPSA) is 96.4 Å². The molecule has 224 valence electrons. The first kappa shape index (κ1) is 31.0. The molecule has 3 heterocycles. The van der Waals surface area contributed by atoms with Crippen molar-refractivity contribution in [3.8, 4) is 0 Å². The second-order valence-corrected chi connectivity index (χ2v) is 12.2. The van der Waals surface area contributed by atoms with Crippen molar-refractivity contribution in [2.45, 2.75) is 90.0 Å². The van der Waals surface area contributed by atoms with E-state index in [2.05, 4.69) is 13.2 Å². The van der Waals surface area contributed by atoms with Crippen molar-refractivity contribution in [2.75, 3.05) is 24.7 Å². The number of allylic oxidation sites excluding steroid dienone is 1. The summed E-state index contributed by atoms with van der Waals surface area (Å²) < 4.78 is 12.6. The summed E-state index contributed by atoms with van der Waals surface area (Å²) in [6, 6.07) is 4.32. The third-order valence-corrected chi connectivity index (χ3v) is 9.60. The summed E-state index contributed by atoms with van der Waals surface area (Å²) in [5.74, 6) is -2.89. The molecule has 41 heavy (non-hydrogen) atoms. The van der Waals surface area contributed by atoms with E-state index in [1.54, 1.807) is 11.0 Å². The molecule has 3 aliphatic heterocycles. The number of rotatable bonds is 13. The van der Waals surface area contributed by atoms with Crippen LogP contribution in [0.2, 0.25) is 0 Å². The maximum Gasteiger partial charge on any atom is 0.312 e. The zero-order chi connectivity index (χ0) is 30.1. The zero-order valence-corrected chi connectivity index (χ0v) is 25.2. The number of fused-ring (bicyclic) bond motifs is 1. The predicted octanol–water partition coefficient (Wildman–Crippen LogP) is 4.50.